The van der Waals surface area contributed by atoms with Crippen LogP contribution in [0.2, 0.25) is 10.0 Å². The van der Waals surface area contributed by atoms with Crippen molar-refractivity contribution in [3.63, 3.8) is 0 Å². The molecule has 1 heterocycles. The third-order valence-electron chi connectivity index (χ3n) is 4.44. The number of azo groups is 1. The van der Waals surface area contributed by atoms with E-state index in [-0.39, 0.29) is 32.0 Å². The number of benzene rings is 2. The van der Waals surface area contributed by atoms with Gasteiger partial charge in [-0.2, -0.15) is 37.2 Å². The van der Waals surface area contributed by atoms with Gasteiger partial charge in [-0.25, -0.2) is 0 Å². The van der Waals surface area contributed by atoms with E-state index in [9.17, 15) is 21.6 Å². The van der Waals surface area contributed by atoms with Gasteiger partial charge >= 0.3 is 0 Å². The van der Waals surface area contributed by atoms with Crippen molar-refractivity contribution in [2.45, 2.75) is 22.8 Å². The van der Waals surface area contributed by atoms with Crippen LogP contribution in [0, 0.1) is 0 Å². The molecule has 176 valence electrons. The molecule has 11 nitrogen and oxygen atoms in total. The number of nitrogens with zero attached hydrogens (tertiary/aromatic N) is 4. The summed E-state index contributed by atoms with van der Waals surface area (Å²) in [5.41, 5.74) is 0.200. The largest absolute Gasteiger partial charge is 0.298 e. The van der Waals surface area contributed by atoms with Crippen molar-refractivity contribution in [2.75, 3.05) is 19.2 Å². The van der Waals surface area contributed by atoms with E-state index in [0.29, 0.717) is 0 Å². The summed E-state index contributed by atoms with van der Waals surface area (Å²) in [6, 6.07) is 6.45. The van der Waals surface area contributed by atoms with Crippen LogP contribution in [0.25, 0.3) is 0 Å². The molecule has 0 N–H and O–H groups in total. The minimum atomic E-state index is -4.21. The molecule has 0 saturated heterocycles. The van der Waals surface area contributed by atoms with Gasteiger partial charge in [0, 0.05) is 0 Å². The fourth-order valence-electron chi connectivity index (χ4n) is 2.75. The van der Waals surface area contributed by atoms with Crippen molar-refractivity contribution in [1.82, 2.24) is 0 Å². The first-order valence-corrected chi connectivity index (χ1v) is 12.5. The first-order valence-electron chi connectivity index (χ1n) is 8.91. The monoisotopic (exact) mass is 534 g/mol. The average molecular weight is 535 g/mol. The number of hydrazone groups is 1. The topological polar surface area (TPSA) is 144 Å². The van der Waals surface area contributed by atoms with Gasteiger partial charge < -0.3 is 0 Å². The summed E-state index contributed by atoms with van der Waals surface area (Å²) in [4.78, 5) is 12.4. The third-order valence-corrected chi connectivity index (χ3v) is 7.73. The second-order valence-electron chi connectivity index (χ2n) is 6.48. The second-order valence-corrected chi connectivity index (χ2v) is 10.7. The van der Waals surface area contributed by atoms with Crippen LogP contribution in [0.4, 0.5) is 11.4 Å². The van der Waals surface area contributed by atoms with Crippen LogP contribution < -0.4 is 5.01 Å². The standard InChI is InChI=1S/C18H16Cl2N4O7S2/c1-10-17(22-21-15-8-13(19)14(20)9-16(15)33(28,29)31-3)18(25)24(23-10)11-5-4-6-12(7-11)32(26,27)30-2/h4-9,17H,1-3H3. The summed E-state index contributed by atoms with van der Waals surface area (Å²) in [6.45, 7) is 1.51. The van der Waals surface area contributed by atoms with Crippen LogP contribution >= 0.6 is 23.2 Å². The lowest BCUT2D eigenvalue weighted by Gasteiger charge is -2.13. The normalized spacial score (nSPS) is 17.1. The van der Waals surface area contributed by atoms with Gasteiger partial charge in [0.15, 0.2) is 6.04 Å². The highest BCUT2D eigenvalue weighted by Gasteiger charge is 2.35. The summed E-state index contributed by atoms with van der Waals surface area (Å²) in [5, 5.41) is 12.9. The Balaban J connectivity index is 1.96. The molecule has 1 atom stereocenters. The quantitative estimate of drug-likeness (QED) is 0.390. The Kier molecular flexibility index (Phi) is 7.21. The minimum Gasteiger partial charge on any atom is -0.270 e. The van der Waals surface area contributed by atoms with Gasteiger partial charge in [-0.15, -0.1) is 0 Å². The minimum absolute atomic E-state index is 0.0154. The molecule has 33 heavy (non-hydrogen) atoms. The Morgan fingerprint density at radius 1 is 1.00 bits per heavy atom. The second kappa shape index (κ2) is 9.44. The Labute approximate surface area is 199 Å². The maximum absolute atomic E-state index is 12.9. The fraction of sp³-hybridized carbons (Fsp3) is 0.222. The molecular weight excluding hydrogens is 519 g/mol. The molecule has 0 radical (unpaired) electrons. The summed E-state index contributed by atoms with van der Waals surface area (Å²) < 4.78 is 57.3. The lowest BCUT2D eigenvalue weighted by Crippen LogP contribution is -2.29. The molecule has 1 unspecified atom stereocenters. The number of rotatable bonds is 7. The number of halogens is 2. The van der Waals surface area contributed by atoms with E-state index < -0.39 is 37.1 Å². The molecule has 2 aromatic carbocycles. The fourth-order valence-corrected chi connectivity index (χ4v) is 4.63. The van der Waals surface area contributed by atoms with Crippen molar-refractivity contribution in [1.29, 1.82) is 0 Å². The van der Waals surface area contributed by atoms with Crippen LogP contribution in [-0.2, 0) is 33.4 Å². The number of hydrogen-bond donors (Lipinski definition) is 0. The van der Waals surface area contributed by atoms with Crippen molar-refractivity contribution < 1.29 is 30.0 Å². The van der Waals surface area contributed by atoms with E-state index in [0.717, 1.165) is 25.3 Å². The molecule has 2 aromatic rings. The zero-order chi connectivity index (χ0) is 24.6. The Hall–Kier alpha value is -2.42. The molecule has 1 aliphatic heterocycles. The number of amides is 1. The van der Waals surface area contributed by atoms with Gasteiger partial charge in [0.1, 0.15) is 10.6 Å². The highest BCUT2D eigenvalue weighted by atomic mass is 35.5. The summed E-state index contributed by atoms with van der Waals surface area (Å²) in [5.74, 6) is -0.639. The molecule has 0 fully saturated rings. The van der Waals surface area contributed by atoms with Gasteiger partial charge in [-0.1, -0.05) is 29.3 Å². The molecule has 0 spiro atoms. The average Bonchev–Trinajstić information content (AvgIpc) is 3.07. The van der Waals surface area contributed by atoms with Crippen LogP contribution in [0.5, 0.6) is 0 Å². The van der Waals surface area contributed by atoms with E-state index in [2.05, 4.69) is 23.7 Å². The van der Waals surface area contributed by atoms with E-state index in [1.165, 1.54) is 37.3 Å². The van der Waals surface area contributed by atoms with E-state index in [1.54, 1.807) is 0 Å². The van der Waals surface area contributed by atoms with Crippen LogP contribution in [-0.4, -0.2) is 48.7 Å². The van der Waals surface area contributed by atoms with Crippen LogP contribution in [0.1, 0.15) is 6.92 Å². The van der Waals surface area contributed by atoms with Crippen molar-refractivity contribution in [2.24, 2.45) is 15.3 Å². The highest BCUT2D eigenvalue weighted by Crippen LogP contribution is 2.35. The zero-order valence-corrected chi connectivity index (χ0v) is 20.4. The van der Waals surface area contributed by atoms with Crippen molar-refractivity contribution in [3.05, 3.63) is 46.4 Å². The van der Waals surface area contributed by atoms with Gasteiger partial charge in [0.2, 0.25) is 0 Å². The maximum Gasteiger partial charge on any atom is 0.298 e. The first kappa shape index (κ1) is 25.2. The Bertz CT molecular complexity index is 1390. The SMILES string of the molecule is COS(=O)(=O)c1cccc(N2N=C(C)C(N=Nc3cc(Cl)c(Cl)cc3S(=O)(=O)OC)C2=O)c1. The van der Waals surface area contributed by atoms with Gasteiger partial charge in [-0.05, 0) is 37.3 Å². The molecule has 1 amide bonds. The molecule has 0 bridgehead atoms. The van der Waals surface area contributed by atoms with Gasteiger partial charge in [0.05, 0.1) is 40.6 Å². The molecule has 3 rings (SSSR count). The van der Waals surface area contributed by atoms with E-state index >= 15 is 0 Å². The number of hydrogen-bond acceptors (Lipinski definition) is 10. The lowest BCUT2D eigenvalue weighted by atomic mass is 10.2. The number of carbonyl (C=O) groups is 1. The number of carbonyl (C=O) groups excluding carboxylic acids is 1. The highest BCUT2D eigenvalue weighted by molar-refractivity contribution is 7.87. The van der Waals surface area contributed by atoms with Crippen molar-refractivity contribution >= 4 is 66.4 Å². The molecule has 0 aliphatic carbocycles. The van der Waals surface area contributed by atoms with Crippen LogP contribution in [0.3, 0.4) is 0 Å². The molecule has 0 saturated carbocycles. The summed E-state index contributed by atoms with van der Waals surface area (Å²) in [7, 11) is -6.22. The van der Waals surface area contributed by atoms with Gasteiger partial charge in [0.25, 0.3) is 26.1 Å². The van der Waals surface area contributed by atoms with Crippen molar-refractivity contribution in [3.8, 4) is 0 Å². The predicted octanol–water partition coefficient (Wildman–Crippen LogP) is 3.54. The zero-order valence-electron chi connectivity index (χ0n) is 17.3. The third kappa shape index (κ3) is 5.08. The summed E-state index contributed by atoms with van der Waals surface area (Å²) >= 11 is 11.9. The molecular formula is C18H16Cl2N4O7S2. The summed E-state index contributed by atoms with van der Waals surface area (Å²) in [6.07, 6.45) is 0. The smallest absolute Gasteiger partial charge is 0.270 e. The first-order chi connectivity index (χ1) is 15.4. The molecule has 15 heteroatoms. The van der Waals surface area contributed by atoms with E-state index in [4.69, 9.17) is 23.2 Å². The van der Waals surface area contributed by atoms with Crippen LogP contribution in [0.15, 0.2) is 61.5 Å². The predicted molar refractivity (Wildman–Crippen MR) is 120 cm³/mol. The maximum atomic E-state index is 12.9. The Morgan fingerprint density at radius 3 is 2.27 bits per heavy atom. The molecule has 1 aliphatic rings. The van der Waals surface area contributed by atoms with Gasteiger partial charge in [-0.3, -0.25) is 13.2 Å². The van der Waals surface area contributed by atoms with E-state index in [1.807, 2.05) is 0 Å². The molecule has 0 aromatic heterocycles. The Morgan fingerprint density at radius 2 is 1.64 bits per heavy atom. The lowest BCUT2D eigenvalue weighted by molar-refractivity contribution is -0.117. The number of anilines is 1.